The minimum Gasteiger partial charge on any atom is -0.366 e. The van der Waals surface area contributed by atoms with Gasteiger partial charge in [0, 0.05) is 18.2 Å². The summed E-state index contributed by atoms with van der Waals surface area (Å²) in [6.07, 6.45) is 1.68. The van der Waals surface area contributed by atoms with Crippen molar-refractivity contribution in [3.63, 3.8) is 0 Å². The molecule has 0 aliphatic rings. The molecule has 4 nitrogen and oxygen atoms in total. The molecular formula is C10H18N2O2. The summed E-state index contributed by atoms with van der Waals surface area (Å²) in [5.74, 6) is -0.442. The van der Waals surface area contributed by atoms with Crippen molar-refractivity contribution in [1.82, 2.24) is 5.32 Å². The fourth-order valence-corrected chi connectivity index (χ4v) is 0.356. The molecule has 0 rings (SSSR count). The smallest absolute Gasteiger partial charge is 0.246 e. The molecule has 4 heteroatoms. The van der Waals surface area contributed by atoms with Gasteiger partial charge in [-0.3, -0.25) is 9.59 Å². The number of hydrogen-bond donors (Lipinski definition) is 2. The molecule has 0 aromatic heterocycles. The van der Waals surface area contributed by atoms with Crippen molar-refractivity contribution in [2.45, 2.75) is 20.8 Å². The van der Waals surface area contributed by atoms with Crippen LogP contribution in [0.2, 0.25) is 0 Å². The van der Waals surface area contributed by atoms with E-state index in [2.05, 4.69) is 11.9 Å². The highest BCUT2D eigenvalue weighted by molar-refractivity contribution is 5.91. The zero-order valence-corrected chi connectivity index (χ0v) is 9.18. The Bertz CT molecular complexity index is 255. The highest BCUT2D eigenvalue weighted by atomic mass is 16.1. The number of allylic oxidation sites excluding steroid dienone is 1. The maximum absolute atomic E-state index is 10.3. The monoisotopic (exact) mass is 198 g/mol. The fourth-order valence-electron chi connectivity index (χ4n) is 0.356. The van der Waals surface area contributed by atoms with Crippen LogP contribution in [0.5, 0.6) is 0 Å². The van der Waals surface area contributed by atoms with Crippen LogP contribution in [0.3, 0.4) is 0 Å². The van der Waals surface area contributed by atoms with E-state index >= 15 is 0 Å². The largest absolute Gasteiger partial charge is 0.366 e. The lowest BCUT2D eigenvalue weighted by molar-refractivity contribution is -0.117. The summed E-state index contributed by atoms with van der Waals surface area (Å²) in [7, 11) is 1.58. The van der Waals surface area contributed by atoms with Gasteiger partial charge in [0.15, 0.2) is 0 Å². The van der Waals surface area contributed by atoms with Gasteiger partial charge in [-0.2, -0.15) is 0 Å². The van der Waals surface area contributed by atoms with Crippen LogP contribution < -0.4 is 11.1 Å². The molecule has 0 spiro atoms. The van der Waals surface area contributed by atoms with Gasteiger partial charge >= 0.3 is 0 Å². The van der Waals surface area contributed by atoms with Crippen molar-refractivity contribution >= 4 is 11.8 Å². The summed E-state index contributed by atoms with van der Waals surface area (Å²) in [6.45, 7) is 8.54. The van der Waals surface area contributed by atoms with Crippen LogP contribution in [0, 0.1) is 0 Å². The highest BCUT2D eigenvalue weighted by Crippen LogP contribution is 1.85. The number of nitrogens with two attached hydrogens (primary N) is 1. The van der Waals surface area contributed by atoms with Gasteiger partial charge in [0.25, 0.3) is 0 Å². The maximum Gasteiger partial charge on any atom is 0.246 e. The first-order valence-electron chi connectivity index (χ1n) is 4.17. The molecule has 80 valence electrons. The molecule has 0 heterocycles. The molecule has 2 amide bonds. The third-order valence-electron chi connectivity index (χ3n) is 1.44. The molecule has 0 fully saturated rings. The van der Waals surface area contributed by atoms with E-state index in [9.17, 15) is 9.59 Å². The normalized spacial score (nSPS) is 9.57. The van der Waals surface area contributed by atoms with Gasteiger partial charge in [-0.15, -0.1) is 0 Å². The van der Waals surface area contributed by atoms with Crippen LogP contribution in [0.15, 0.2) is 23.8 Å². The van der Waals surface area contributed by atoms with Crippen LogP contribution in [0.4, 0.5) is 0 Å². The minimum absolute atomic E-state index is 0.0972. The Hall–Kier alpha value is -1.58. The van der Waals surface area contributed by atoms with Crippen molar-refractivity contribution in [2.75, 3.05) is 7.05 Å². The fraction of sp³-hybridized carbons (Fsp3) is 0.400. The lowest BCUT2D eigenvalue weighted by Gasteiger charge is -1.91. The second kappa shape index (κ2) is 8.04. The number of nitrogens with one attached hydrogen (secondary N) is 1. The molecule has 0 bridgehead atoms. The Morgan fingerprint density at radius 2 is 1.79 bits per heavy atom. The van der Waals surface area contributed by atoms with Crippen molar-refractivity contribution < 1.29 is 9.59 Å². The number of likely N-dealkylation sites (N-methyl/N-ethyl adjacent to an activating group) is 1. The van der Waals surface area contributed by atoms with Crippen LogP contribution in [0.25, 0.3) is 0 Å². The first kappa shape index (κ1) is 14.9. The van der Waals surface area contributed by atoms with Crippen LogP contribution in [0.1, 0.15) is 20.8 Å². The van der Waals surface area contributed by atoms with E-state index in [0.717, 1.165) is 0 Å². The zero-order valence-electron chi connectivity index (χ0n) is 9.18. The van der Waals surface area contributed by atoms with E-state index in [1.54, 1.807) is 33.9 Å². The summed E-state index contributed by atoms with van der Waals surface area (Å²) < 4.78 is 0. The predicted octanol–water partition coefficient (Wildman–Crippen LogP) is 0.746. The lowest BCUT2D eigenvalue weighted by atomic mass is 10.3. The van der Waals surface area contributed by atoms with Crippen molar-refractivity contribution in [3.05, 3.63) is 23.8 Å². The molecule has 14 heavy (non-hydrogen) atoms. The van der Waals surface area contributed by atoms with Gasteiger partial charge in [-0.1, -0.05) is 12.7 Å². The van der Waals surface area contributed by atoms with E-state index in [1.807, 2.05) is 0 Å². The molecule has 0 unspecified atom stereocenters. The van der Waals surface area contributed by atoms with Crippen LogP contribution >= 0.6 is 0 Å². The number of carbonyl (C=O) groups excluding carboxylic acids is 2. The summed E-state index contributed by atoms with van der Waals surface area (Å²) in [5.41, 5.74) is 5.99. The van der Waals surface area contributed by atoms with Gasteiger partial charge < -0.3 is 11.1 Å². The standard InChI is InChI=1S/2C5H9NO/c1-4(2)5(7)6-3;1-3-4(2)5(6)7/h1H2,2-3H3,(H,6,7);3H,1-2H3,(H2,6,7). The number of amides is 2. The van der Waals surface area contributed by atoms with Crippen molar-refractivity contribution in [2.24, 2.45) is 5.73 Å². The molecular weight excluding hydrogens is 180 g/mol. The average Bonchev–Trinajstić information content (AvgIpc) is 2.15. The van der Waals surface area contributed by atoms with Gasteiger partial charge in [0.05, 0.1) is 0 Å². The Morgan fingerprint density at radius 3 is 1.79 bits per heavy atom. The van der Waals surface area contributed by atoms with E-state index < -0.39 is 0 Å². The van der Waals surface area contributed by atoms with Gasteiger partial charge in [-0.05, 0) is 20.8 Å². The number of carbonyl (C=O) groups is 2. The second-order valence-electron chi connectivity index (χ2n) is 2.70. The molecule has 0 saturated heterocycles. The third kappa shape index (κ3) is 8.52. The molecule has 0 aromatic rings. The number of hydrogen-bond acceptors (Lipinski definition) is 2. The molecule has 0 radical (unpaired) electrons. The predicted molar refractivity (Wildman–Crippen MR) is 57.5 cm³/mol. The number of rotatable bonds is 2. The molecule has 0 atom stereocenters. The maximum atomic E-state index is 10.3. The Labute approximate surface area is 84.9 Å². The van der Waals surface area contributed by atoms with Crippen LogP contribution in [-0.4, -0.2) is 18.9 Å². The first-order chi connectivity index (χ1) is 6.36. The lowest BCUT2D eigenvalue weighted by Crippen LogP contribution is -2.17. The van der Waals surface area contributed by atoms with Crippen molar-refractivity contribution in [3.8, 4) is 0 Å². The quantitative estimate of drug-likeness (QED) is 0.642. The minimum atomic E-state index is -0.345. The molecule has 3 N–H and O–H groups in total. The van der Waals surface area contributed by atoms with E-state index in [0.29, 0.717) is 11.1 Å². The number of primary amides is 1. The summed E-state index contributed by atoms with van der Waals surface area (Å²) in [5, 5.41) is 2.43. The average molecular weight is 198 g/mol. The second-order valence-corrected chi connectivity index (χ2v) is 2.70. The Kier molecular flexibility index (Phi) is 8.57. The van der Waals surface area contributed by atoms with Gasteiger partial charge in [0.2, 0.25) is 11.8 Å². The molecule has 0 saturated carbocycles. The van der Waals surface area contributed by atoms with E-state index in [1.165, 1.54) is 0 Å². The Balaban J connectivity index is 0. The van der Waals surface area contributed by atoms with E-state index in [-0.39, 0.29) is 11.8 Å². The Morgan fingerprint density at radius 1 is 1.36 bits per heavy atom. The van der Waals surface area contributed by atoms with Crippen molar-refractivity contribution in [1.29, 1.82) is 0 Å². The zero-order chi connectivity index (χ0) is 11.7. The van der Waals surface area contributed by atoms with Gasteiger partial charge in [-0.25, -0.2) is 0 Å². The van der Waals surface area contributed by atoms with Crippen LogP contribution in [-0.2, 0) is 9.59 Å². The first-order valence-corrected chi connectivity index (χ1v) is 4.17. The van der Waals surface area contributed by atoms with Gasteiger partial charge in [0.1, 0.15) is 0 Å². The molecule has 0 aliphatic heterocycles. The van der Waals surface area contributed by atoms with E-state index in [4.69, 9.17) is 5.73 Å². The highest BCUT2D eigenvalue weighted by Gasteiger charge is 1.92. The SMILES string of the molecule is C=C(C)C(=O)NC.CC=C(C)C(N)=O. The topological polar surface area (TPSA) is 72.2 Å². The molecule has 0 aromatic carbocycles. The third-order valence-corrected chi connectivity index (χ3v) is 1.44. The summed E-state index contributed by atoms with van der Waals surface area (Å²) in [4.78, 5) is 20.4. The summed E-state index contributed by atoms with van der Waals surface area (Å²) >= 11 is 0. The summed E-state index contributed by atoms with van der Waals surface area (Å²) in [6, 6.07) is 0. The molecule has 0 aliphatic carbocycles.